The first-order valence-electron chi connectivity index (χ1n) is 9.91. The molecule has 4 fully saturated rings. The van der Waals surface area contributed by atoms with Gasteiger partial charge in [-0.25, -0.2) is 4.39 Å². The Morgan fingerprint density at radius 3 is 2.58 bits per heavy atom. The molecular formula is C19H31FN2O2. The highest BCUT2D eigenvalue weighted by Gasteiger charge is 2.42. The molecule has 0 N–H and O–H groups in total. The van der Waals surface area contributed by atoms with Gasteiger partial charge in [0, 0.05) is 39.1 Å². The number of likely N-dealkylation sites (tertiary alicyclic amines) is 2. The van der Waals surface area contributed by atoms with Crippen molar-refractivity contribution in [2.24, 2.45) is 23.7 Å². The predicted molar refractivity (Wildman–Crippen MR) is 90.4 cm³/mol. The predicted octanol–water partition coefficient (Wildman–Crippen LogP) is 2.33. The fraction of sp³-hybridized carbons (Fsp3) is 0.947. The summed E-state index contributed by atoms with van der Waals surface area (Å²) in [7, 11) is 0. The van der Waals surface area contributed by atoms with Gasteiger partial charge in [-0.15, -0.1) is 0 Å². The van der Waals surface area contributed by atoms with E-state index >= 15 is 0 Å². The molecular weight excluding hydrogens is 307 g/mol. The van der Waals surface area contributed by atoms with Crippen molar-refractivity contribution in [1.82, 2.24) is 9.80 Å². The number of amides is 1. The highest BCUT2D eigenvalue weighted by molar-refractivity contribution is 5.76. The highest BCUT2D eigenvalue weighted by atomic mass is 19.1. The van der Waals surface area contributed by atoms with Crippen LogP contribution in [0, 0.1) is 23.7 Å². The number of ether oxygens (including phenoxy) is 1. The zero-order chi connectivity index (χ0) is 16.5. The highest BCUT2D eigenvalue weighted by Crippen LogP contribution is 2.38. The van der Waals surface area contributed by atoms with E-state index in [0.29, 0.717) is 50.1 Å². The van der Waals surface area contributed by atoms with E-state index in [-0.39, 0.29) is 5.91 Å². The number of fused-ring (bicyclic) bond motifs is 1. The lowest BCUT2D eigenvalue weighted by molar-refractivity contribution is -0.136. The first kappa shape index (κ1) is 16.8. The standard InChI is InChI=1S/C19H31FN2O2/c20-17-4-6-22(7-5-17)19(23)8-15-12-24-13-16-10-21(11-18(15)16)9-14-2-1-3-14/h14-18H,1-13H2/t15-,16-,18+/m1/s1. The van der Waals surface area contributed by atoms with Crippen molar-refractivity contribution in [2.75, 3.05) is 45.9 Å². The van der Waals surface area contributed by atoms with Gasteiger partial charge in [-0.05, 0) is 49.4 Å². The zero-order valence-corrected chi connectivity index (χ0v) is 14.7. The molecule has 1 amide bonds. The Bertz CT molecular complexity index is 449. The van der Waals surface area contributed by atoms with E-state index in [1.807, 2.05) is 4.90 Å². The molecule has 5 heteroatoms. The summed E-state index contributed by atoms with van der Waals surface area (Å²) in [5, 5.41) is 0. The largest absolute Gasteiger partial charge is 0.381 e. The summed E-state index contributed by atoms with van der Waals surface area (Å²) in [5.41, 5.74) is 0. The number of piperidine rings is 1. The maximum atomic E-state index is 13.3. The van der Waals surface area contributed by atoms with Gasteiger partial charge in [-0.2, -0.15) is 0 Å². The van der Waals surface area contributed by atoms with Gasteiger partial charge in [0.1, 0.15) is 6.17 Å². The third kappa shape index (κ3) is 3.62. The van der Waals surface area contributed by atoms with Crippen molar-refractivity contribution < 1.29 is 13.9 Å². The number of nitrogens with zero attached hydrogens (tertiary/aromatic N) is 2. The normalized spacial score (nSPS) is 35.7. The molecule has 4 nitrogen and oxygen atoms in total. The Balaban J connectivity index is 1.30. The number of carbonyl (C=O) groups excluding carboxylic acids is 1. The first-order chi connectivity index (χ1) is 11.7. The molecule has 0 aromatic heterocycles. The smallest absolute Gasteiger partial charge is 0.222 e. The number of hydrogen-bond donors (Lipinski definition) is 0. The quantitative estimate of drug-likeness (QED) is 0.789. The summed E-state index contributed by atoms with van der Waals surface area (Å²) in [6.45, 7) is 6.32. The molecule has 3 atom stereocenters. The maximum absolute atomic E-state index is 13.3. The minimum absolute atomic E-state index is 0.216. The molecule has 0 bridgehead atoms. The van der Waals surface area contributed by atoms with Crippen LogP contribution in [-0.2, 0) is 9.53 Å². The van der Waals surface area contributed by atoms with Crippen LogP contribution in [0.3, 0.4) is 0 Å². The molecule has 0 radical (unpaired) electrons. The Labute approximate surface area is 144 Å². The Morgan fingerprint density at radius 2 is 1.88 bits per heavy atom. The second kappa shape index (κ2) is 7.28. The summed E-state index contributed by atoms with van der Waals surface area (Å²) < 4.78 is 19.1. The molecule has 1 aliphatic carbocycles. The summed E-state index contributed by atoms with van der Waals surface area (Å²) in [6, 6.07) is 0. The second-order valence-corrected chi connectivity index (χ2v) is 8.50. The lowest BCUT2D eigenvalue weighted by Gasteiger charge is -2.35. The molecule has 4 rings (SSSR count). The lowest BCUT2D eigenvalue weighted by atomic mass is 9.80. The Hall–Kier alpha value is -0.680. The van der Waals surface area contributed by atoms with E-state index in [4.69, 9.17) is 4.74 Å². The Kier molecular flexibility index (Phi) is 5.09. The van der Waals surface area contributed by atoms with E-state index in [2.05, 4.69) is 4.90 Å². The van der Waals surface area contributed by atoms with E-state index in [1.165, 1.54) is 25.8 Å². The number of halogens is 1. The SMILES string of the molecule is O=C(C[C@@H]1COC[C@H]2CN(CC3CCC3)C[C@@H]12)N1CCC(F)CC1. The van der Waals surface area contributed by atoms with Gasteiger partial charge >= 0.3 is 0 Å². The van der Waals surface area contributed by atoms with E-state index in [1.54, 1.807) is 0 Å². The molecule has 0 spiro atoms. The lowest BCUT2D eigenvalue weighted by Crippen LogP contribution is -2.43. The third-order valence-electron chi connectivity index (χ3n) is 6.79. The van der Waals surface area contributed by atoms with Crippen molar-refractivity contribution >= 4 is 5.91 Å². The molecule has 3 saturated heterocycles. The van der Waals surface area contributed by atoms with Gasteiger partial charge in [-0.1, -0.05) is 6.42 Å². The summed E-state index contributed by atoms with van der Waals surface area (Å²) in [6.07, 6.45) is 5.09. The van der Waals surface area contributed by atoms with Crippen LogP contribution in [0.4, 0.5) is 4.39 Å². The average molecular weight is 338 g/mol. The van der Waals surface area contributed by atoms with Crippen molar-refractivity contribution in [2.45, 2.75) is 44.7 Å². The molecule has 24 heavy (non-hydrogen) atoms. The molecule has 3 aliphatic heterocycles. The van der Waals surface area contributed by atoms with Gasteiger partial charge in [0.05, 0.1) is 13.2 Å². The topological polar surface area (TPSA) is 32.8 Å². The van der Waals surface area contributed by atoms with Crippen LogP contribution in [0.5, 0.6) is 0 Å². The first-order valence-corrected chi connectivity index (χ1v) is 9.91. The fourth-order valence-electron chi connectivity index (χ4n) is 5.04. The minimum Gasteiger partial charge on any atom is -0.381 e. The van der Waals surface area contributed by atoms with Crippen LogP contribution in [0.15, 0.2) is 0 Å². The van der Waals surface area contributed by atoms with Gasteiger partial charge < -0.3 is 14.5 Å². The van der Waals surface area contributed by atoms with Crippen molar-refractivity contribution in [3.05, 3.63) is 0 Å². The van der Waals surface area contributed by atoms with Gasteiger partial charge in [0.2, 0.25) is 5.91 Å². The molecule has 3 heterocycles. The average Bonchev–Trinajstić information content (AvgIpc) is 2.95. The van der Waals surface area contributed by atoms with Gasteiger partial charge in [0.25, 0.3) is 0 Å². The third-order valence-corrected chi connectivity index (χ3v) is 6.79. The van der Waals surface area contributed by atoms with Crippen LogP contribution in [0.25, 0.3) is 0 Å². The molecule has 1 saturated carbocycles. The number of alkyl halides is 1. The maximum Gasteiger partial charge on any atom is 0.222 e. The Morgan fingerprint density at radius 1 is 1.08 bits per heavy atom. The van der Waals surface area contributed by atoms with Crippen LogP contribution in [0.1, 0.15) is 38.5 Å². The molecule has 4 aliphatic rings. The summed E-state index contributed by atoms with van der Waals surface area (Å²) in [4.78, 5) is 17.1. The zero-order valence-electron chi connectivity index (χ0n) is 14.7. The molecule has 0 aromatic rings. The van der Waals surface area contributed by atoms with E-state index < -0.39 is 6.17 Å². The van der Waals surface area contributed by atoms with Gasteiger partial charge in [0.15, 0.2) is 0 Å². The van der Waals surface area contributed by atoms with Crippen molar-refractivity contribution in [3.8, 4) is 0 Å². The van der Waals surface area contributed by atoms with Crippen LogP contribution in [-0.4, -0.2) is 67.8 Å². The monoisotopic (exact) mass is 338 g/mol. The van der Waals surface area contributed by atoms with E-state index in [0.717, 1.165) is 32.2 Å². The fourth-order valence-corrected chi connectivity index (χ4v) is 5.04. The molecule has 0 unspecified atom stereocenters. The van der Waals surface area contributed by atoms with Crippen molar-refractivity contribution in [3.63, 3.8) is 0 Å². The molecule has 136 valence electrons. The molecule has 0 aromatic carbocycles. The van der Waals surface area contributed by atoms with Gasteiger partial charge in [-0.3, -0.25) is 4.79 Å². The number of carbonyl (C=O) groups is 1. The van der Waals surface area contributed by atoms with E-state index in [9.17, 15) is 9.18 Å². The number of rotatable bonds is 4. The summed E-state index contributed by atoms with van der Waals surface area (Å²) >= 11 is 0. The van der Waals surface area contributed by atoms with Crippen molar-refractivity contribution in [1.29, 1.82) is 0 Å². The summed E-state index contributed by atoms with van der Waals surface area (Å²) in [5.74, 6) is 2.70. The van der Waals surface area contributed by atoms with Crippen LogP contribution >= 0.6 is 0 Å². The van der Waals surface area contributed by atoms with Crippen LogP contribution in [0.2, 0.25) is 0 Å². The minimum atomic E-state index is -0.716. The second-order valence-electron chi connectivity index (χ2n) is 8.50. The number of hydrogen-bond acceptors (Lipinski definition) is 3. The van der Waals surface area contributed by atoms with Crippen LogP contribution < -0.4 is 0 Å².